The van der Waals surface area contributed by atoms with Crippen molar-refractivity contribution in [3.8, 4) is 0 Å². The van der Waals surface area contributed by atoms with Crippen molar-refractivity contribution >= 4 is 17.1 Å². The van der Waals surface area contributed by atoms with Gasteiger partial charge in [0.25, 0.3) is 5.91 Å². The van der Waals surface area contributed by atoms with Gasteiger partial charge in [0.05, 0.1) is 12.2 Å². The third kappa shape index (κ3) is 8.38. The molecule has 31 heavy (non-hydrogen) atoms. The molecule has 2 fully saturated rings. The van der Waals surface area contributed by atoms with Crippen LogP contribution in [0.4, 0.5) is 0 Å². The van der Waals surface area contributed by atoms with Crippen LogP contribution in [0.2, 0.25) is 0 Å². The summed E-state index contributed by atoms with van der Waals surface area (Å²) in [5.74, 6) is 2.27. The van der Waals surface area contributed by atoms with Gasteiger partial charge in [0.15, 0.2) is 0 Å². The Morgan fingerprint density at radius 3 is 2.45 bits per heavy atom. The fourth-order valence-electron chi connectivity index (χ4n) is 5.13. The summed E-state index contributed by atoms with van der Waals surface area (Å²) in [4.78, 5) is 12.0. The summed E-state index contributed by atoms with van der Waals surface area (Å²) in [5, 5.41) is 10.1. The molecule has 0 saturated carbocycles. The van der Waals surface area contributed by atoms with Gasteiger partial charge in [-0.25, -0.2) is 5.06 Å². The van der Waals surface area contributed by atoms with E-state index < -0.39 is 16.6 Å². The molecule has 0 aromatic heterocycles. The van der Waals surface area contributed by atoms with Crippen LogP contribution in [0.25, 0.3) is 0 Å². The summed E-state index contributed by atoms with van der Waals surface area (Å²) in [7, 11) is 1.38. The van der Waals surface area contributed by atoms with Crippen molar-refractivity contribution in [1.29, 1.82) is 0 Å². The molecule has 5 atom stereocenters. The van der Waals surface area contributed by atoms with Crippen LogP contribution in [0.5, 0.6) is 0 Å². The van der Waals surface area contributed by atoms with E-state index >= 15 is 0 Å². The summed E-state index contributed by atoms with van der Waals surface area (Å²) in [6.45, 7) is 5.97. The van der Waals surface area contributed by atoms with Crippen LogP contribution in [0.3, 0.4) is 0 Å². The van der Waals surface area contributed by atoms with Gasteiger partial charge in [-0.05, 0) is 50.9 Å². The fourth-order valence-corrected chi connectivity index (χ4v) is 6.71. The van der Waals surface area contributed by atoms with Gasteiger partial charge in [0.2, 0.25) is 0 Å². The Morgan fingerprint density at radius 2 is 1.77 bits per heavy atom. The van der Waals surface area contributed by atoms with Gasteiger partial charge >= 0.3 is 0 Å². The molecule has 2 aliphatic heterocycles. The Hall–Kier alpha value is -0.560. The van der Waals surface area contributed by atoms with E-state index in [9.17, 15) is 14.6 Å². The van der Waals surface area contributed by atoms with Crippen molar-refractivity contribution < 1.29 is 19.3 Å². The molecule has 5 nitrogen and oxygen atoms in total. The van der Waals surface area contributed by atoms with Crippen LogP contribution < -0.4 is 0 Å². The van der Waals surface area contributed by atoms with Crippen molar-refractivity contribution in [2.24, 2.45) is 17.3 Å². The quantitative estimate of drug-likeness (QED) is 0.116. The predicted octanol–water partition coefficient (Wildman–Crippen LogP) is 5.49. The van der Waals surface area contributed by atoms with Crippen molar-refractivity contribution in [3.63, 3.8) is 0 Å². The normalized spacial score (nSPS) is 26.6. The molecule has 2 bridgehead atoms. The second kappa shape index (κ2) is 13.2. The molecule has 1 amide bonds. The van der Waals surface area contributed by atoms with Crippen LogP contribution >= 0.6 is 0 Å². The lowest BCUT2D eigenvalue weighted by molar-refractivity contribution is -0.169. The number of unbranched alkanes of at least 4 members (excludes halogenated alkanes) is 5. The number of hydrogen-bond donors (Lipinski definition) is 1. The minimum atomic E-state index is -0.740. The minimum Gasteiger partial charge on any atom is -0.616 e. The van der Waals surface area contributed by atoms with Crippen molar-refractivity contribution in [2.45, 2.75) is 104 Å². The second-order valence-corrected chi connectivity index (χ2v) is 11.8. The Balaban J connectivity index is 1.73. The number of nitrogens with zero attached hydrogens (tertiary/aromatic N) is 1. The zero-order valence-electron chi connectivity index (χ0n) is 20.2. The van der Waals surface area contributed by atoms with Crippen molar-refractivity contribution in [2.75, 3.05) is 18.6 Å². The minimum absolute atomic E-state index is 0.254. The molecule has 1 unspecified atom stereocenters. The first-order valence-electron chi connectivity index (χ1n) is 12.4. The Morgan fingerprint density at radius 1 is 1.13 bits per heavy atom. The highest BCUT2D eigenvalue weighted by atomic mass is 32.2. The van der Waals surface area contributed by atoms with Crippen LogP contribution in [0, 0.1) is 17.3 Å². The monoisotopic (exact) mass is 455 g/mol. The van der Waals surface area contributed by atoms with Gasteiger partial charge in [0, 0.05) is 18.4 Å². The maximum absolute atomic E-state index is 12.7. The number of hydroxylamine groups is 2. The van der Waals surface area contributed by atoms with Crippen LogP contribution in [0.1, 0.15) is 91.4 Å². The SMILES string of the molecule is CCCCCCCC[S+]([O-])C[C@@H]1[C@H](C/C=C\CCC(C)(C)C(=O)N(C)O)[C@@H]2CC[C@H]1O2. The third-order valence-corrected chi connectivity index (χ3v) is 8.58. The predicted molar refractivity (Wildman–Crippen MR) is 127 cm³/mol. The highest BCUT2D eigenvalue weighted by molar-refractivity contribution is 7.91. The topological polar surface area (TPSA) is 72.8 Å². The number of allylic oxidation sites excluding steroid dienone is 2. The Bertz CT molecular complexity index is 566. The lowest BCUT2D eigenvalue weighted by Crippen LogP contribution is -2.36. The molecule has 2 aliphatic rings. The van der Waals surface area contributed by atoms with E-state index in [1.807, 2.05) is 13.8 Å². The van der Waals surface area contributed by atoms with E-state index in [-0.39, 0.29) is 5.91 Å². The molecule has 180 valence electrons. The van der Waals surface area contributed by atoms with Crippen molar-refractivity contribution in [3.05, 3.63) is 12.2 Å². The molecule has 6 heteroatoms. The van der Waals surface area contributed by atoms with Crippen LogP contribution in [0.15, 0.2) is 12.2 Å². The molecule has 0 spiro atoms. The number of rotatable bonds is 15. The summed E-state index contributed by atoms with van der Waals surface area (Å²) in [5.41, 5.74) is -0.570. The number of hydrogen-bond acceptors (Lipinski definition) is 4. The van der Waals surface area contributed by atoms with Crippen LogP contribution in [-0.2, 0) is 20.7 Å². The first kappa shape index (κ1) is 26.7. The first-order chi connectivity index (χ1) is 14.8. The number of carbonyl (C=O) groups excluding carboxylic acids is 1. The van der Waals surface area contributed by atoms with Gasteiger partial charge in [-0.1, -0.05) is 69.8 Å². The smallest absolute Gasteiger partial charge is 0.251 e. The average molecular weight is 456 g/mol. The maximum atomic E-state index is 12.7. The summed E-state index contributed by atoms with van der Waals surface area (Å²) in [6.07, 6.45) is 17.2. The molecule has 2 heterocycles. The molecule has 2 saturated heterocycles. The number of carbonyl (C=O) groups is 1. The van der Waals surface area contributed by atoms with Gasteiger partial charge < -0.3 is 9.29 Å². The molecule has 1 N–H and O–H groups in total. The zero-order chi connectivity index (χ0) is 22.9. The van der Waals surface area contributed by atoms with Gasteiger partial charge in [-0.2, -0.15) is 0 Å². The highest BCUT2D eigenvalue weighted by Gasteiger charge is 2.49. The Labute approximate surface area is 193 Å². The van der Waals surface area contributed by atoms with Crippen molar-refractivity contribution in [1.82, 2.24) is 5.06 Å². The number of fused-ring (bicyclic) bond motifs is 2. The third-order valence-electron chi connectivity index (χ3n) is 7.08. The first-order valence-corrected chi connectivity index (χ1v) is 13.9. The van der Waals surface area contributed by atoms with E-state index in [2.05, 4.69) is 19.1 Å². The summed E-state index contributed by atoms with van der Waals surface area (Å²) >= 11 is -0.740. The summed E-state index contributed by atoms with van der Waals surface area (Å²) in [6, 6.07) is 0. The van der Waals surface area contributed by atoms with E-state index in [0.717, 1.165) is 43.6 Å². The van der Waals surface area contributed by atoms with E-state index in [0.29, 0.717) is 35.5 Å². The molecule has 2 rings (SSSR count). The average Bonchev–Trinajstić information content (AvgIpc) is 3.32. The molecular weight excluding hydrogens is 410 g/mol. The van der Waals surface area contributed by atoms with Crippen LogP contribution in [-0.4, -0.2) is 51.5 Å². The van der Waals surface area contributed by atoms with E-state index in [1.165, 1.54) is 39.2 Å². The molecule has 0 radical (unpaired) electrons. The zero-order valence-corrected chi connectivity index (χ0v) is 21.0. The fraction of sp³-hybridized carbons (Fsp3) is 0.880. The lowest BCUT2D eigenvalue weighted by Gasteiger charge is -2.28. The van der Waals surface area contributed by atoms with Gasteiger partial charge in [-0.3, -0.25) is 10.0 Å². The second-order valence-electron chi connectivity index (χ2n) is 10.2. The Kier molecular flexibility index (Phi) is 11.4. The summed E-state index contributed by atoms with van der Waals surface area (Å²) < 4.78 is 18.9. The van der Waals surface area contributed by atoms with Gasteiger partial charge in [0.1, 0.15) is 11.5 Å². The lowest BCUT2D eigenvalue weighted by atomic mass is 9.78. The molecule has 0 aromatic rings. The molecule has 0 aromatic carbocycles. The number of ether oxygens (including phenoxy) is 1. The largest absolute Gasteiger partial charge is 0.616 e. The standard InChI is InChI=1S/C25H45NO4S/c1-5-6-7-8-9-13-18-31(29)19-21-20(22-15-16-23(21)30-22)14-11-10-12-17-25(2,3)24(27)26(4)28/h10-11,20-23,28H,5-9,12-19H2,1-4H3/b11-10-/t20-,21+,22-,23+,31?/m0/s1. The maximum Gasteiger partial charge on any atom is 0.251 e. The molecular formula is C25H45NO4S. The molecule has 0 aliphatic carbocycles. The van der Waals surface area contributed by atoms with E-state index in [1.54, 1.807) is 0 Å². The number of amides is 1. The highest BCUT2D eigenvalue weighted by Crippen LogP contribution is 2.45. The van der Waals surface area contributed by atoms with Gasteiger partial charge in [-0.15, -0.1) is 0 Å². The van der Waals surface area contributed by atoms with E-state index in [4.69, 9.17) is 4.74 Å².